The van der Waals surface area contributed by atoms with Crippen molar-refractivity contribution in [2.75, 3.05) is 0 Å². The number of hydrogen-bond acceptors (Lipinski definition) is 1. The Morgan fingerprint density at radius 2 is 1.33 bits per heavy atom. The van der Waals surface area contributed by atoms with Crippen LogP contribution in [0.25, 0.3) is 0 Å². The zero-order valence-corrected chi connectivity index (χ0v) is 8.47. The Morgan fingerprint density at radius 1 is 1.33 bits per heavy atom. The maximum atomic E-state index is 8.74. The van der Waals surface area contributed by atoms with Gasteiger partial charge in [-0.1, -0.05) is 0 Å². The van der Waals surface area contributed by atoms with Crippen molar-refractivity contribution in [1.82, 2.24) is 0 Å². The Kier molecular flexibility index (Phi) is 24.9. The third-order valence-electron chi connectivity index (χ3n) is 0. The van der Waals surface area contributed by atoms with E-state index in [1.165, 1.54) is 0 Å². The summed E-state index contributed by atoms with van der Waals surface area (Å²) < 4.78 is 8.74. The van der Waals surface area contributed by atoms with Gasteiger partial charge in [-0.2, -0.15) is 0 Å². The molecule has 0 fully saturated rings. The van der Waals surface area contributed by atoms with Crippen molar-refractivity contribution in [3.05, 3.63) is 7.43 Å². The summed E-state index contributed by atoms with van der Waals surface area (Å²) in [7, 11) is -3.13. The third-order valence-corrected chi connectivity index (χ3v) is 0. The summed E-state index contributed by atoms with van der Waals surface area (Å²) in [6.45, 7) is 0. The van der Waals surface area contributed by atoms with Gasteiger partial charge >= 0.3 is 8.25 Å². The fraction of sp³-hybridized carbons (Fsp3) is 0. The smallest absolute Gasteiger partial charge is 0.314 e. The molecule has 0 aromatic carbocycles. The first-order chi connectivity index (χ1) is 1.73. The van der Waals surface area contributed by atoms with E-state index < -0.39 is 8.25 Å². The van der Waals surface area contributed by atoms with Crippen molar-refractivity contribution in [2.24, 2.45) is 0 Å². The predicted octanol–water partition coefficient (Wildman–Crippen LogP) is -0.189. The molecule has 0 rings (SSSR count). The Morgan fingerprint density at radius 3 is 1.33 bits per heavy atom. The Bertz CT molecular complexity index is 33.8. The quantitative estimate of drug-likeness (QED) is 0.477. The Hall–Kier alpha value is 1.20. The largest absolute Gasteiger partial charge is 0.358 e. The van der Waals surface area contributed by atoms with E-state index in [1.54, 1.807) is 0 Å². The van der Waals surface area contributed by atoms with Gasteiger partial charge in [-0.3, -0.25) is 4.57 Å². The summed E-state index contributed by atoms with van der Waals surface area (Å²) in [6.07, 6.45) is 0. The molecule has 0 aliphatic heterocycles. The van der Waals surface area contributed by atoms with Crippen molar-refractivity contribution in [2.45, 2.75) is 0 Å². The molecular weight excluding hydrogens is 329 g/mol. The molecule has 0 atom stereocenters. The van der Waals surface area contributed by atoms with Gasteiger partial charge in [0.05, 0.1) is 0 Å². The van der Waals surface area contributed by atoms with Gasteiger partial charge in [0.25, 0.3) is 0 Å². The molecule has 6 heavy (non-hydrogen) atoms. The van der Waals surface area contributed by atoms with Crippen LogP contribution in [0.5, 0.6) is 0 Å². The zero-order chi connectivity index (χ0) is 3.58. The second-order valence-corrected chi connectivity index (χ2v) is 0.848. The standard InChI is InChI=1S/CH3.H3O3P.U/c;1-4(2)3;/h1H3;4H,(H2,1,2,3);/q-1;;. The molecule has 0 spiro atoms. The van der Waals surface area contributed by atoms with Crippen LogP contribution in [0.3, 0.4) is 0 Å². The van der Waals surface area contributed by atoms with Crippen LogP contribution in [-0.2, 0) is 4.57 Å². The van der Waals surface area contributed by atoms with Crippen molar-refractivity contribution in [1.29, 1.82) is 0 Å². The summed E-state index contributed by atoms with van der Waals surface area (Å²) in [4.78, 5) is 14.3. The summed E-state index contributed by atoms with van der Waals surface area (Å²) in [5.74, 6) is 0. The van der Waals surface area contributed by atoms with E-state index in [-0.39, 0.29) is 38.5 Å². The number of rotatable bonds is 0. The van der Waals surface area contributed by atoms with Crippen LogP contribution in [0, 0.1) is 38.5 Å². The van der Waals surface area contributed by atoms with E-state index in [0.29, 0.717) is 0 Å². The van der Waals surface area contributed by atoms with Gasteiger partial charge in [-0.15, -0.1) is 0 Å². The summed E-state index contributed by atoms with van der Waals surface area (Å²) in [6, 6.07) is 0. The summed E-state index contributed by atoms with van der Waals surface area (Å²) in [5.41, 5.74) is 0. The monoisotopic (exact) mass is 335 g/mol. The maximum absolute atomic E-state index is 8.74. The predicted molar refractivity (Wildman–Crippen MR) is 19.9 cm³/mol. The Balaban J connectivity index is -0.0000000450. The normalized spacial score (nSPS) is 5.83. The molecular formula is CH6O3PU-. The van der Waals surface area contributed by atoms with Gasteiger partial charge in [0.15, 0.2) is 0 Å². The van der Waals surface area contributed by atoms with Gasteiger partial charge < -0.3 is 17.2 Å². The van der Waals surface area contributed by atoms with Crippen LogP contribution in [0.15, 0.2) is 0 Å². The minimum Gasteiger partial charge on any atom is -0.358 e. The molecule has 0 amide bonds. The molecule has 0 aromatic heterocycles. The molecule has 5 heteroatoms. The average Bonchev–Trinajstić information content (AvgIpc) is 0.811. The molecule has 0 saturated heterocycles. The SMILES string of the molecule is O=[PH](O)O.[CH3-].[U]. The first kappa shape index (κ1) is 15.7. The first-order valence-electron chi connectivity index (χ1n) is 0.651. The van der Waals surface area contributed by atoms with Crippen LogP contribution >= 0.6 is 8.25 Å². The van der Waals surface area contributed by atoms with E-state index >= 15 is 0 Å². The van der Waals surface area contributed by atoms with Crippen molar-refractivity contribution in [3.63, 3.8) is 0 Å². The molecule has 38 valence electrons. The van der Waals surface area contributed by atoms with Crippen LogP contribution in [0.2, 0.25) is 0 Å². The van der Waals surface area contributed by atoms with Gasteiger partial charge in [-0.05, 0) is 0 Å². The molecule has 0 bridgehead atoms. The molecule has 2 N–H and O–H groups in total. The molecule has 0 aromatic rings. The molecule has 0 unspecified atom stereocenters. The summed E-state index contributed by atoms with van der Waals surface area (Å²) >= 11 is 0. The van der Waals surface area contributed by atoms with Crippen molar-refractivity contribution >= 4 is 8.25 Å². The molecule has 0 radical (unpaired) electrons. The van der Waals surface area contributed by atoms with Crippen LogP contribution in [-0.4, -0.2) is 9.79 Å². The molecule has 0 saturated carbocycles. The topological polar surface area (TPSA) is 57.5 Å². The summed E-state index contributed by atoms with van der Waals surface area (Å²) in [5, 5.41) is 0. The van der Waals surface area contributed by atoms with Crippen molar-refractivity contribution < 1.29 is 45.5 Å². The van der Waals surface area contributed by atoms with E-state index in [2.05, 4.69) is 0 Å². The van der Waals surface area contributed by atoms with Crippen molar-refractivity contribution in [3.8, 4) is 0 Å². The van der Waals surface area contributed by atoms with Gasteiger partial charge in [0, 0.05) is 31.1 Å². The van der Waals surface area contributed by atoms with E-state index in [4.69, 9.17) is 14.4 Å². The van der Waals surface area contributed by atoms with E-state index in [9.17, 15) is 0 Å². The number of hydrogen-bond donors (Lipinski definition) is 2. The second kappa shape index (κ2) is 9.51. The van der Waals surface area contributed by atoms with Gasteiger partial charge in [0.2, 0.25) is 0 Å². The first-order valence-corrected chi connectivity index (χ1v) is 1.95. The van der Waals surface area contributed by atoms with Gasteiger partial charge in [0.1, 0.15) is 0 Å². The minimum absolute atomic E-state index is 0. The second-order valence-electron chi connectivity index (χ2n) is 0.283. The van der Waals surface area contributed by atoms with Crippen LogP contribution in [0.1, 0.15) is 0 Å². The molecule has 0 aliphatic carbocycles. The minimum atomic E-state index is -3.13. The maximum Gasteiger partial charge on any atom is 0.314 e. The Labute approximate surface area is 61.1 Å². The van der Waals surface area contributed by atoms with Crippen LogP contribution in [0.4, 0.5) is 0 Å². The average molecular weight is 335 g/mol. The third kappa shape index (κ3) is 63.6. The molecule has 0 aliphatic rings. The van der Waals surface area contributed by atoms with E-state index in [1.807, 2.05) is 0 Å². The molecule has 3 nitrogen and oxygen atoms in total. The van der Waals surface area contributed by atoms with Gasteiger partial charge in [-0.25, -0.2) is 0 Å². The molecule has 0 heterocycles. The fourth-order valence-electron chi connectivity index (χ4n) is 0. The fourth-order valence-corrected chi connectivity index (χ4v) is 0. The zero-order valence-electron chi connectivity index (χ0n) is 3.30. The van der Waals surface area contributed by atoms with Crippen LogP contribution < -0.4 is 0 Å². The van der Waals surface area contributed by atoms with E-state index in [0.717, 1.165) is 0 Å².